The van der Waals surface area contributed by atoms with Crippen LogP contribution in [0.25, 0.3) is 0 Å². The summed E-state index contributed by atoms with van der Waals surface area (Å²) in [4.78, 5) is 0. The third kappa shape index (κ3) is 2.70. The Morgan fingerprint density at radius 2 is 1.94 bits per heavy atom. The van der Waals surface area contributed by atoms with Gasteiger partial charge in [0.1, 0.15) is 0 Å². The lowest BCUT2D eigenvalue weighted by Crippen LogP contribution is -2.49. The quantitative estimate of drug-likeness (QED) is 0.848. The third-order valence-corrected chi connectivity index (χ3v) is 3.57. The Morgan fingerprint density at radius 1 is 1.29 bits per heavy atom. The van der Waals surface area contributed by atoms with Gasteiger partial charge in [0.2, 0.25) is 0 Å². The highest BCUT2D eigenvalue weighted by Gasteiger charge is 2.40. The van der Waals surface area contributed by atoms with Gasteiger partial charge in [-0.15, -0.1) is 0 Å². The number of rotatable bonds is 5. The van der Waals surface area contributed by atoms with Gasteiger partial charge in [-0.3, -0.25) is 0 Å². The fraction of sp³-hybridized carbons (Fsp3) is 0.600. The second-order valence-corrected chi connectivity index (χ2v) is 5.40. The largest absolute Gasteiger partial charge is 0.379 e. The van der Waals surface area contributed by atoms with Crippen molar-refractivity contribution < 1.29 is 4.74 Å². The first kappa shape index (κ1) is 12.6. The Labute approximate surface area is 104 Å². The number of hydrogen-bond acceptors (Lipinski definition) is 2. The summed E-state index contributed by atoms with van der Waals surface area (Å²) in [7, 11) is 0. The lowest BCUT2D eigenvalue weighted by Gasteiger charge is -2.43. The zero-order valence-electron chi connectivity index (χ0n) is 10.9. The summed E-state index contributed by atoms with van der Waals surface area (Å²) in [6, 6.07) is 9.25. The van der Waals surface area contributed by atoms with Gasteiger partial charge in [0.25, 0.3) is 0 Å². The molecule has 1 saturated heterocycles. The van der Waals surface area contributed by atoms with Crippen LogP contribution in [0, 0.1) is 0 Å². The van der Waals surface area contributed by atoms with Crippen molar-refractivity contribution >= 4 is 0 Å². The minimum Gasteiger partial charge on any atom is -0.379 e. The molecule has 1 aromatic carbocycles. The maximum absolute atomic E-state index is 5.95. The van der Waals surface area contributed by atoms with Crippen molar-refractivity contribution in [2.45, 2.75) is 44.6 Å². The molecule has 2 nitrogen and oxygen atoms in total. The molecule has 2 N–H and O–H groups in total. The summed E-state index contributed by atoms with van der Waals surface area (Å²) >= 11 is 0. The lowest BCUT2D eigenvalue weighted by atomic mass is 9.74. The van der Waals surface area contributed by atoms with E-state index in [0.717, 1.165) is 26.1 Å². The topological polar surface area (TPSA) is 35.2 Å². The van der Waals surface area contributed by atoms with E-state index in [1.165, 1.54) is 17.5 Å². The van der Waals surface area contributed by atoms with Crippen LogP contribution in [0.4, 0.5) is 0 Å². The summed E-state index contributed by atoms with van der Waals surface area (Å²) in [5.41, 5.74) is 8.94. The van der Waals surface area contributed by atoms with Crippen LogP contribution in [0.1, 0.15) is 37.8 Å². The molecule has 1 heterocycles. The van der Waals surface area contributed by atoms with Crippen molar-refractivity contribution in [3.63, 3.8) is 0 Å². The predicted molar refractivity (Wildman–Crippen MR) is 71.2 cm³/mol. The smallest absolute Gasteiger partial charge is 0.0586 e. The molecule has 2 heteroatoms. The van der Waals surface area contributed by atoms with E-state index in [-0.39, 0.29) is 11.5 Å². The van der Waals surface area contributed by atoms with E-state index in [9.17, 15) is 0 Å². The van der Waals surface area contributed by atoms with E-state index in [1.54, 1.807) is 0 Å². The van der Waals surface area contributed by atoms with Gasteiger partial charge < -0.3 is 10.5 Å². The lowest BCUT2D eigenvalue weighted by molar-refractivity contribution is -0.0665. The highest BCUT2D eigenvalue weighted by atomic mass is 16.5. The number of benzene rings is 1. The summed E-state index contributed by atoms with van der Waals surface area (Å²) in [6.07, 6.45) is 3.38. The molecule has 1 unspecified atom stereocenters. The Morgan fingerprint density at radius 3 is 2.35 bits per heavy atom. The number of aryl methyl sites for hydroxylation is 1. The third-order valence-electron chi connectivity index (χ3n) is 3.57. The van der Waals surface area contributed by atoms with Gasteiger partial charge in [0, 0.05) is 11.5 Å². The molecule has 1 aliphatic rings. The van der Waals surface area contributed by atoms with E-state index in [4.69, 9.17) is 10.5 Å². The van der Waals surface area contributed by atoms with Crippen molar-refractivity contribution in [2.75, 3.05) is 13.2 Å². The van der Waals surface area contributed by atoms with Gasteiger partial charge in [-0.2, -0.15) is 0 Å². The standard InChI is InChI=1S/C15H23NO/c1-3-4-13-5-7-14(8-6-13)15(9-12(2)16)10-17-11-15/h5-8,12H,3-4,9-11,16H2,1-2H3. The second-order valence-electron chi connectivity index (χ2n) is 5.40. The van der Waals surface area contributed by atoms with E-state index in [0.29, 0.717) is 0 Å². The Kier molecular flexibility index (Phi) is 3.85. The zero-order chi connectivity index (χ0) is 12.3. The zero-order valence-corrected chi connectivity index (χ0v) is 10.9. The Hall–Kier alpha value is -0.860. The summed E-state index contributed by atoms with van der Waals surface area (Å²) in [5.74, 6) is 0. The number of hydrogen-bond donors (Lipinski definition) is 1. The average molecular weight is 233 g/mol. The first-order chi connectivity index (χ1) is 8.16. The Bertz CT molecular complexity index is 352. The van der Waals surface area contributed by atoms with Crippen LogP contribution in [0.3, 0.4) is 0 Å². The molecule has 0 bridgehead atoms. The van der Waals surface area contributed by atoms with E-state index in [1.807, 2.05) is 0 Å². The van der Waals surface area contributed by atoms with Crippen LogP contribution in [-0.4, -0.2) is 19.3 Å². The van der Waals surface area contributed by atoms with Gasteiger partial charge in [-0.05, 0) is 30.9 Å². The van der Waals surface area contributed by atoms with Gasteiger partial charge in [0.05, 0.1) is 13.2 Å². The van der Waals surface area contributed by atoms with Crippen LogP contribution < -0.4 is 5.73 Å². The summed E-state index contributed by atoms with van der Waals surface area (Å²) < 4.78 is 5.42. The van der Waals surface area contributed by atoms with Crippen molar-refractivity contribution in [3.8, 4) is 0 Å². The molecule has 0 saturated carbocycles. The highest BCUT2D eigenvalue weighted by Crippen LogP contribution is 2.36. The van der Waals surface area contributed by atoms with Gasteiger partial charge in [0.15, 0.2) is 0 Å². The number of nitrogens with two attached hydrogens (primary N) is 1. The normalized spacial score (nSPS) is 19.7. The maximum atomic E-state index is 5.95. The molecular formula is C15H23NO. The first-order valence-electron chi connectivity index (χ1n) is 6.59. The molecule has 1 aliphatic heterocycles. The molecule has 0 spiro atoms. The van der Waals surface area contributed by atoms with Gasteiger partial charge in [-0.25, -0.2) is 0 Å². The fourth-order valence-corrected chi connectivity index (χ4v) is 2.68. The van der Waals surface area contributed by atoms with E-state index >= 15 is 0 Å². The highest BCUT2D eigenvalue weighted by molar-refractivity contribution is 5.31. The van der Waals surface area contributed by atoms with Gasteiger partial charge in [-0.1, -0.05) is 37.6 Å². The molecule has 1 aromatic rings. The summed E-state index contributed by atoms with van der Waals surface area (Å²) in [5, 5.41) is 0. The second kappa shape index (κ2) is 5.19. The van der Waals surface area contributed by atoms with Crippen molar-refractivity contribution in [1.29, 1.82) is 0 Å². The molecule has 0 aliphatic carbocycles. The molecule has 0 radical (unpaired) electrons. The molecule has 94 valence electrons. The minimum absolute atomic E-state index is 0.179. The minimum atomic E-state index is 0.179. The van der Waals surface area contributed by atoms with E-state index < -0.39 is 0 Å². The average Bonchev–Trinajstić information content (AvgIpc) is 2.25. The van der Waals surface area contributed by atoms with Crippen molar-refractivity contribution in [3.05, 3.63) is 35.4 Å². The SMILES string of the molecule is CCCc1ccc(C2(CC(C)N)COC2)cc1. The van der Waals surface area contributed by atoms with Crippen LogP contribution >= 0.6 is 0 Å². The van der Waals surface area contributed by atoms with Crippen molar-refractivity contribution in [2.24, 2.45) is 5.73 Å². The van der Waals surface area contributed by atoms with Crippen LogP contribution in [0.5, 0.6) is 0 Å². The first-order valence-corrected chi connectivity index (χ1v) is 6.59. The maximum Gasteiger partial charge on any atom is 0.0586 e. The Balaban J connectivity index is 2.14. The number of ether oxygens (including phenoxy) is 1. The molecule has 0 amide bonds. The summed E-state index contributed by atoms with van der Waals surface area (Å²) in [6.45, 7) is 5.93. The molecule has 17 heavy (non-hydrogen) atoms. The van der Waals surface area contributed by atoms with Crippen LogP contribution in [0.2, 0.25) is 0 Å². The molecule has 1 atom stereocenters. The molecule has 2 rings (SSSR count). The molecular weight excluding hydrogens is 210 g/mol. The predicted octanol–water partition coefficient (Wildman–Crippen LogP) is 2.64. The van der Waals surface area contributed by atoms with Crippen LogP contribution in [-0.2, 0) is 16.6 Å². The van der Waals surface area contributed by atoms with Crippen molar-refractivity contribution in [1.82, 2.24) is 0 Å². The molecule has 1 fully saturated rings. The molecule has 0 aromatic heterocycles. The van der Waals surface area contributed by atoms with E-state index in [2.05, 4.69) is 38.1 Å². The fourth-order valence-electron chi connectivity index (χ4n) is 2.68. The van der Waals surface area contributed by atoms with Gasteiger partial charge >= 0.3 is 0 Å². The van der Waals surface area contributed by atoms with Crippen LogP contribution in [0.15, 0.2) is 24.3 Å². The monoisotopic (exact) mass is 233 g/mol.